The molecule has 0 aromatic heterocycles. The van der Waals surface area contributed by atoms with Gasteiger partial charge in [-0.3, -0.25) is 4.99 Å². The Kier molecular flexibility index (Phi) is 3.88. The zero-order valence-electron chi connectivity index (χ0n) is 9.89. The average Bonchev–Trinajstić information content (AvgIpc) is 2.81. The first-order chi connectivity index (χ1) is 7.85. The van der Waals surface area contributed by atoms with E-state index in [1.54, 1.807) is 11.8 Å². The molecule has 1 unspecified atom stereocenters. The first kappa shape index (κ1) is 11.5. The van der Waals surface area contributed by atoms with Crippen LogP contribution in [0.5, 0.6) is 0 Å². The van der Waals surface area contributed by atoms with Crippen LogP contribution < -0.4 is 0 Å². The van der Waals surface area contributed by atoms with Crippen molar-refractivity contribution in [2.24, 2.45) is 4.99 Å². The van der Waals surface area contributed by atoms with Crippen molar-refractivity contribution < 1.29 is 0 Å². The molecule has 1 saturated heterocycles. The molecule has 16 heavy (non-hydrogen) atoms. The second-order valence-electron chi connectivity index (χ2n) is 4.05. The Balaban J connectivity index is 2.04. The Morgan fingerprint density at radius 3 is 2.75 bits per heavy atom. The molecular weight excluding hydrogens is 216 g/mol. The molecule has 2 rings (SSSR count). The van der Waals surface area contributed by atoms with E-state index >= 15 is 0 Å². The number of likely N-dealkylation sites (tertiary alicyclic amines) is 1. The lowest BCUT2D eigenvalue weighted by Crippen LogP contribution is -2.25. The van der Waals surface area contributed by atoms with Crippen LogP contribution in [0, 0.1) is 0 Å². The number of thioether (sulfide) groups is 1. The fourth-order valence-electron chi connectivity index (χ4n) is 2.29. The molecule has 1 aliphatic heterocycles. The first-order valence-electron chi connectivity index (χ1n) is 5.66. The second kappa shape index (κ2) is 5.39. The van der Waals surface area contributed by atoms with Crippen molar-refractivity contribution in [1.29, 1.82) is 0 Å². The summed E-state index contributed by atoms with van der Waals surface area (Å²) >= 11 is 1.74. The standard InChI is InChI=1S/C13H18N2S/c1-14-13(16-2)15-9-8-12(10-15)11-6-4-3-5-7-11/h3-7,12H,8-10H2,1-2H3. The average molecular weight is 234 g/mol. The first-order valence-corrected chi connectivity index (χ1v) is 6.88. The minimum Gasteiger partial charge on any atom is -0.351 e. The van der Waals surface area contributed by atoms with Crippen molar-refractivity contribution >= 4 is 16.9 Å². The number of hydrogen-bond acceptors (Lipinski definition) is 2. The van der Waals surface area contributed by atoms with Gasteiger partial charge in [0.15, 0.2) is 5.17 Å². The van der Waals surface area contributed by atoms with E-state index in [4.69, 9.17) is 0 Å². The minimum atomic E-state index is 0.671. The highest BCUT2D eigenvalue weighted by Gasteiger charge is 2.25. The van der Waals surface area contributed by atoms with Crippen molar-refractivity contribution in [3.05, 3.63) is 35.9 Å². The Morgan fingerprint density at radius 1 is 1.38 bits per heavy atom. The van der Waals surface area contributed by atoms with Gasteiger partial charge in [-0.15, -0.1) is 0 Å². The molecule has 0 spiro atoms. The van der Waals surface area contributed by atoms with Crippen LogP contribution >= 0.6 is 11.8 Å². The largest absolute Gasteiger partial charge is 0.351 e. The molecule has 2 nitrogen and oxygen atoms in total. The molecule has 0 radical (unpaired) electrons. The molecule has 1 aromatic rings. The van der Waals surface area contributed by atoms with Gasteiger partial charge in [0.2, 0.25) is 0 Å². The smallest absolute Gasteiger partial charge is 0.158 e. The molecule has 1 atom stereocenters. The summed E-state index contributed by atoms with van der Waals surface area (Å²) in [6, 6.07) is 10.8. The molecule has 0 bridgehead atoms. The Labute approximate surface area is 102 Å². The Hall–Kier alpha value is -0.960. The molecule has 0 aliphatic carbocycles. The molecule has 0 N–H and O–H groups in total. The summed E-state index contributed by atoms with van der Waals surface area (Å²) in [6.07, 6.45) is 3.34. The second-order valence-corrected chi connectivity index (χ2v) is 4.83. The molecule has 1 aromatic carbocycles. The third-order valence-electron chi connectivity index (χ3n) is 3.10. The van der Waals surface area contributed by atoms with Crippen LogP contribution in [-0.2, 0) is 0 Å². The van der Waals surface area contributed by atoms with Gasteiger partial charge in [-0.05, 0) is 18.2 Å². The Morgan fingerprint density at radius 2 is 2.12 bits per heavy atom. The maximum Gasteiger partial charge on any atom is 0.158 e. The summed E-state index contributed by atoms with van der Waals surface area (Å²) in [6.45, 7) is 2.24. The zero-order valence-corrected chi connectivity index (χ0v) is 10.7. The van der Waals surface area contributed by atoms with Crippen LogP contribution in [0.3, 0.4) is 0 Å². The molecular formula is C13H18N2S. The van der Waals surface area contributed by atoms with Crippen LogP contribution in [0.15, 0.2) is 35.3 Å². The number of amidine groups is 1. The van der Waals surface area contributed by atoms with Crippen LogP contribution in [0.1, 0.15) is 17.9 Å². The molecule has 1 aliphatic rings. The monoisotopic (exact) mass is 234 g/mol. The highest BCUT2D eigenvalue weighted by Crippen LogP contribution is 2.28. The van der Waals surface area contributed by atoms with Crippen molar-refractivity contribution in [3.63, 3.8) is 0 Å². The summed E-state index contributed by atoms with van der Waals surface area (Å²) in [5.74, 6) is 0.671. The number of rotatable bonds is 1. The summed E-state index contributed by atoms with van der Waals surface area (Å²) in [7, 11) is 1.88. The van der Waals surface area contributed by atoms with E-state index < -0.39 is 0 Å². The van der Waals surface area contributed by atoms with E-state index in [-0.39, 0.29) is 0 Å². The molecule has 0 saturated carbocycles. The van der Waals surface area contributed by atoms with E-state index in [2.05, 4.69) is 46.5 Å². The predicted molar refractivity (Wildman–Crippen MR) is 72.2 cm³/mol. The van der Waals surface area contributed by atoms with Gasteiger partial charge < -0.3 is 4.90 Å². The third kappa shape index (κ3) is 2.40. The van der Waals surface area contributed by atoms with Crippen LogP contribution in [0.4, 0.5) is 0 Å². The van der Waals surface area contributed by atoms with E-state index in [0.29, 0.717) is 5.92 Å². The van der Waals surface area contributed by atoms with Crippen molar-refractivity contribution in [2.75, 3.05) is 26.4 Å². The lowest BCUT2D eigenvalue weighted by molar-refractivity contribution is 0.520. The van der Waals surface area contributed by atoms with Crippen molar-refractivity contribution in [1.82, 2.24) is 4.90 Å². The minimum absolute atomic E-state index is 0.671. The van der Waals surface area contributed by atoms with Gasteiger partial charge in [0, 0.05) is 26.1 Å². The zero-order chi connectivity index (χ0) is 11.4. The lowest BCUT2D eigenvalue weighted by Gasteiger charge is -2.18. The maximum absolute atomic E-state index is 4.32. The maximum atomic E-state index is 4.32. The van der Waals surface area contributed by atoms with Crippen molar-refractivity contribution in [3.8, 4) is 0 Å². The van der Waals surface area contributed by atoms with E-state index in [1.165, 1.54) is 17.2 Å². The van der Waals surface area contributed by atoms with E-state index in [9.17, 15) is 0 Å². The summed E-state index contributed by atoms with van der Waals surface area (Å²) < 4.78 is 0. The topological polar surface area (TPSA) is 15.6 Å². The summed E-state index contributed by atoms with van der Waals surface area (Å²) in [5, 5.41) is 1.17. The molecule has 86 valence electrons. The summed E-state index contributed by atoms with van der Waals surface area (Å²) in [4.78, 5) is 6.71. The van der Waals surface area contributed by atoms with Gasteiger partial charge in [0.05, 0.1) is 0 Å². The molecule has 1 fully saturated rings. The number of aliphatic imine (C=N–C) groups is 1. The van der Waals surface area contributed by atoms with Gasteiger partial charge in [-0.2, -0.15) is 0 Å². The third-order valence-corrected chi connectivity index (χ3v) is 3.91. The van der Waals surface area contributed by atoms with E-state index in [1.807, 2.05) is 7.05 Å². The number of hydrogen-bond donors (Lipinski definition) is 0. The fourth-order valence-corrected chi connectivity index (χ4v) is 2.90. The van der Waals surface area contributed by atoms with Crippen molar-refractivity contribution in [2.45, 2.75) is 12.3 Å². The molecule has 1 heterocycles. The van der Waals surface area contributed by atoms with E-state index in [0.717, 1.165) is 13.1 Å². The SMILES string of the molecule is CN=C(SC)N1CCC(c2ccccc2)C1. The summed E-state index contributed by atoms with van der Waals surface area (Å²) in [5.41, 5.74) is 1.46. The fraction of sp³-hybridized carbons (Fsp3) is 0.462. The van der Waals surface area contributed by atoms with Gasteiger partial charge in [-0.1, -0.05) is 42.1 Å². The van der Waals surface area contributed by atoms with Crippen LogP contribution in [0.25, 0.3) is 0 Å². The Bertz CT molecular complexity index is 361. The van der Waals surface area contributed by atoms with Gasteiger partial charge >= 0.3 is 0 Å². The van der Waals surface area contributed by atoms with Gasteiger partial charge in [0.25, 0.3) is 0 Å². The highest BCUT2D eigenvalue weighted by molar-refractivity contribution is 8.13. The predicted octanol–water partition coefficient (Wildman–Crippen LogP) is 2.82. The normalized spacial score (nSPS) is 21.5. The quantitative estimate of drug-likeness (QED) is 0.548. The lowest BCUT2D eigenvalue weighted by atomic mass is 9.99. The molecule has 0 amide bonds. The van der Waals surface area contributed by atoms with Crippen LogP contribution in [-0.4, -0.2) is 36.5 Å². The molecule has 3 heteroatoms. The van der Waals surface area contributed by atoms with Gasteiger partial charge in [-0.25, -0.2) is 0 Å². The number of nitrogens with zero attached hydrogens (tertiary/aromatic N) is 2. The van der Waals surface area contributed by atoms with Crippen LogP contribution in [0.2, 0.25) is 0 Å². The highest BCUT2D eigenvalue weighted by atomic mass is 32.2. The van der Waals surface area contributed by atoms with Gasteiger partial charge in [0.1, 0.15) is 0 Å². The number of benzene rings is 1.